The SMILES string of the molecule is O=C(CC1CCCO1)NCC1(C(=O)O)CCOCC1. The van der Waals surface area contributed by atoms with Gasteiger partial charge in [-0.3, -0.25) is 9.59 Å². The number of carboxylic acids is 1. The summed E-state index contributed by atoms with van der Waals surface area (Å²) in [6.07, 6.45) is 3.12. The molecule has 6 heteroatoms. The van der Waals surface area contributed by atoms with E-state index in [0.717, 1.165) is 12.8 Å². The molecule has 0 radical (unpaired) electrons. The van der Waals surface area contributed by atoms with Crippen LogP contribution in [0.3, 0.4) is 0 Å². The van der Waals surface area contributed by atoms with Crippen LogP contribution < -0.4 is 5.32 Å². The molecular formula is C13H21NO5. The second-order valence-corrected chi connectivity index (χ2v) is 5.31. The highest BCUT2D eigenvalue weighted by molar-refractivity contribution is 5.79. The number of carboxylic acid groups (broad SMARTS) is 1. The van der Waals surface area contributed by atoms with E-state index in [1.807, 2.05) is 0 Å². The van der Waals surface area contributed by atoms with Crippen molar-refractivity contribution in [3.05, 3.63) is 0 Å². The Kier molecular flexibility index (Phi) is 4.76. The van der Waals surface area contributed by atoms with E-state index in [0.29, 0.717) is 39.1 Å². The van der Waals surface area contributed by atoms with Crippen LogP contribution in [-0.4, -0.2) is 49.5 Å². The maximum atomic E-state index is 11.8. The highest BCUT2D eigenvalue weighted by Crippen LogP contribution is 2.30. The van der Waals surface area contributed by atoms with Gasteiger partial charge in [0.1, 0.15) is 0 Å². The minimum Gasteiger partial charge on any atom is -0.481 e. The molecule has 0 aliphatic carbocycles. The molecule has 2 saturated heterocycles. The first kappa shape index (κ1) is 14.3. The van der Waals surface area contributed by atoms with Crippen molar-refractivity contribution in [1.29, 1.82) is 0 Å². The normalized spacial score (nSPS) is 26.0. The summed E-state index contributed by atoms with van der Waals surface area (Å²) in [6.45, 7) is 1.77. The minimum absolute atomic E-state index is 0.00420. The summed E-state index contributed by atoms with van der Waals surface area (Å²) >= 11 is 0. The van der Waals surface area contributed by atoms with Gasteiger partial charge in [0, 0.05) is 26.4 Å². The molecule has 2 heterocycles. The van der Waals surface area contributed by atoms with Gasteiger partial charge in [0.25, 0.3) is 0 Å². The van der Waals surface area contributed by atoms with Crippen LogP contribution in [0.5, 0.6) is 0 Å². The van der Waals surface area contributed by atoms with E-state index in [1.165, 1.54) is 0 Å². The number of hydrogen-bond acceptors (Lipinski definition) is 4. The summed E-state index contributed by atoms with van der Waals surface area (Å²) in [7, 11) is 0. The van der Waals surface area contributed by atoms with Gasteiger partial charge in [-0.1, -0.05) is 0 Å². The van der Waals surface area contributed by atoms with E-state index in [-0.39, 0.29) is 18.6 Å². The monoisotopic (exact) mass is 271 g/mol. The number of ether oxygens (including phenoxy) is 2. The molecule has 1 amide bonds. The zero-order valence-electron chi connectivity index (χ0n) is 11.0. The van der Waals surface area contributed by atoms with Gasteiger partial charge in [-0.15, -0.1) is 0 Å². The Morgan fingerprint density at radius 1 is 1.26 bits per heavy atom. The highest BCUT2D eigenvalue weighted by Gasteiger charge is 2.40. The zero-order chi connectivity index (χ0) is 13.7. The lowest BCUT2D eigenvalue weighted by Gasteiger charge is -2.33. The molecule has 0 bridgehead atoms. The quantitative estimate of drug-likeness (QED) is 0.763. The minimum atomic E-state index is -0.871. The first-order chi connectivity index (χ1) is 9.12. The molecule has 0 aromatic heterocycles. The van der Waals surface area contributed by atoms with Gasteiger partial charge in [-0.05, 0) is 25.7 Å². The van der Waals surface area contributed by atoms with Crippen LogP contribution in [0.1, 0.15) is 32.1 Å². The van der Waals surface area contributed by atoms with Crippen LogP contribution in [0.4, 0.5) is 0 Å². The molecule has 1 unspecified atom stereocenters. The van der Waals surface area contributed by atoms with Crippen molar-refractivity contribution in [3.8, 4) is 0 Å². The number of hydrogen-bond donors (Lipinski definition) is 2. The number of nitrogens with one attached hydrogen (secondary N) is 1. The van der Waals surface area contributed by atoms with Crippen LogP contribution in [0, 0.1) is 5.41 Å². The van der Waals surface area contributed by atoms with Gasteiger partial charge in [0.15, 0.2) is 0 Å². The molecule has 0 saturated carbocycles. The van der Waals surface area contributed by atoms with Gasteiger partial charge < -0.3 is 19.9 Å². The van der Waals surface area contributed by atoms with E-state index in [4.69, 9.17) is 9.47 Å². The van der Waals surface area contributed by atoms with Gasteiger partial charge >= 0.3 is 5.97 Å². The predicted molar refractivity (Wildman–Crippen MR) is 66.7 cm³/mol. The maximum absolute atomic E-state index is 11.8. The summed E-state index contributed by atoms with van der Waals surface area (Å²) in [5.41, 5.74) is -0.871. The summed E-state index contributed by atoms with van der Waals surface area (Å²) < 4.78 is 10.6. The third kappa shape index (κ3) is 3.67. The second kappa shape index (κ2) is 6.34. The Balaban J connectivity index is 1.81. The van der Waals surface area contributed by atoms with Crippen LogP contribution >= 0.6 is 0 Å². The standard InChI is InChI=1S/C13H21NO5/c15-11(8-10-2-1-5-19-10)14-9-13(12(16)17)3-6-18-7-4-13/h10H,1-9H2,(H,14,15)(H,16,17). The molecule has 2 aliphatic heterocycles. The van der Waals surface area contributed by atoms with Crippen molar-refractivity contribution in [3.63, 3.8) is 0 Å². The Bertz CT molecular complexity index is 332. The molecule has 6 nitrogen and oxygen atoms in total. The molecule has 0 aromatic rings. The van der Waals surface area contributed by atoms with Crippen molar-refractivity contribution in [1.82, 2.24) is 5.32 Å². The van der Waals surface area contributed by atoms with Gasteiger partial charge in [0.05, 0.1) is 17.9 Å². The molecule has 2 aliphatic rings. The third-order valence-corrected chi connectivity index (χ3v) is 3.96. The van der Waals surface area contributed by atoms with Crippen molar-refractivity contribution in [2.45, 2.75) is 38.2 Å². The van der Waals surface area contributed by atoms with E-state index in [9.17, 15) is 14.7 Å². The van der Waals surface area contributed by atoms with Crippen molar-refractivity contribution < 1.29 is 24.2 Å². The lowest BCUT2D eigenvalue weighted by atomic mass is 9.80. The van der Waals surface area contributed by atoms with Crippen molar-refractivity contribution >= 4 is 11.9 Å². The number of rotatable bonds is 5. The molecule has 1 atom stereocenters. The van der Waals surface area contributed by atoms with E-state index >= 15 is 0 Å². The van der Waals surface area contributed by atoms with Crippen LogP contribution in [0.15, 0.2) is 0 Å². The van der Waals surface area contributed by atoms with Crippen molar-refractivity contribution in [2.75, 3.05) is 26.4 Å². The van der Waals surface area contributed by atoms with Gasteiger partial charge in [-0.2, -0.15) is 0 Å². The predicted octanol–water partition coefficient (Wildman–Crippen LogP) is 0.553. The second-order valence-electron chi connectivity index (χ2n) is 5.31. The molecule has 108 valence electrons. The molecule has 0 spiro atoms. The average Bonchev–Trinajstić information content (AvgIpc) is 2.90. The van der Waals surface area contributed by atoms with Crippen LogP contribution in [0.25, 0.3) is 0 Å². The summed E-state index contributed by atoms with van der Waals surface area (Å²) in [6, 6.07) is 0. The van der Waals surface area contributed by atoms with Crippen LogP contribution in [0.2, 0.25) is 0 Å². The molecule has 2 fully saturated rings. The topological polar surface area (TPSA) is 84.9 Å². The first-order valence-electron chi connectivity index (χ1n) is 6.82. The lowest BCUT2D eigenvalue weighted by Crippen LogP contribution is -2.46. The largest absolute Gasteiger partial charge is 0.481 e. The van der Waals surface area contributed by atoms with E-state index in [1.54, 1.807) is 0 Å². The highest BCUT2D eigenvalue weighted by atomic mass is 16.5. The smallest absolute Gasteiger partial charge is 0.311 e. The summed E-state index contributed by atoms with van der Waals surface area (Å²) in [4.78, 5) is 23.2. The Hall–Kier alpha value is -1.14. The number of carbonyl (C=O) groups is 2. The first-order valence-corrected chi connectivity index (χ1v) is 6.82. The molecule has 2 N–H and O–H groups in total. The molecule has 19 heavy (non-hydrogen) atoms. The fraction of sp³-hybridized carbons (Fsp3) is 0.846. The van der Waals surface area contributed by atoms with Crippen LogP contribution in [-0.2, 0) is 19.1 Å². The van der Waals surface area contributed by atoms with Gasteiger partial charge in [-0.25, -0.2) is 0 Å². The molecule has 2 rings (SSSR count). The fourth-order valence-corrected chi connectivity index (χ4v) is 2.58. The zero-order valence-corrected chi connectivity index (χ0v) is 11.0. The number of aliphatic carboxylic acids is 1. The average molecular weight is 271 g/mol. The van der Waals surface area contributed by atoms with Crippen molar-refractivity contribution in [2.24, 2.45) is 5.41 Å². The third-order valence-electron chi connectivity index (χ3n) is 3.96. The van der Waals surface area contributed by atoms with E-state index in [2.05, 4.69) is 5.32 Å². The molecular weight excluding hydrogens is 250 g/mol. The number of carbonyl (C=O) groups excluding carboxylic acids is 1. The lowest BCUT2D eigenvalue weighted by molar-refractivity contribution is -0.154. The Morgan fingerprint density at radius 2 is 2.00 bits per heavy atom. The van der Waals surface area contributed by atoms with Gasteiger partial charge in [0.2, 0.25) is 5.91 Å². The maximum Gasteiger partial charge on any atom is 0.311 e. The Morgan fingerprint density at radius 3 is 2.58 bits per heavy atom. The molecule has 0 aromatic carbocycles. The van der Waals surface area contributed by atoms with E-state index < -0.39 is 11.4 Å². The summed E-state index contributed by atoms with van der Waals surface area (Å²) in [5, 5.41) is 12.1. The fourth-order valence-electron chi connectivity index (χ4n) is 2.58. The summed E-state index contributed by atoms with van der Waals surface area (Å²) in [5.74, 6) is -0.979. The number of amides is 1. The Labute approximate surface area is 112 Å².